The van der Waals surface area contributed by atoms with Crippen molar-refractivity contribution in [3.8, 4) is 0 Å². The average Bonchev–Trinajstić information content (AvgIpc) is 2.32. The monoisotopic (exact) mass is 238 g/mol. The van der Waals surface area contributed by atoms with E-state index in [1.807, 2.05) is 13.8 Å². The molecule has 0 saturated carbocycles. The molecule has 0 aliphatic carbocycles. The Morgan fingerprint density at radius 3 is 2.29 bits per heavy atom. The minimum Gasteiger partial charge on any atom is -0.378 e. The molecule has 3 nitrogen and oxygen atoms in total. The molecule has 17 heavy (non-hydrogen) atoms. The van der Waals surface area contributed by atoms with Gasteiger partial charge in [-0.3, -0.25) is 9.59 Å². The van der Waals surface area contributed by atoms with Gasteiger partial charge in [0.15, 0.2) is 11.6 Å². The molecule has 2 atom stereocenters. The SMILES string of the molecule is C=CC(=O)CCC(C)OCC(C)CC(=O)C=C. The van der Waals surface area contributed by atoms with Crippen molar-refractivity contribution in [2.45, 2.75) is 39.2 Å². The van der Waals surface area contributed by atoms with Crippen LogP contribution in [0.2, 0.25) is 0 Å². The molecule has 0 N–H and O–H groups in total. The van der Waals surface area contributed by atoms with Gasteiger partial charge in [0.2, 0.25) is 0 Å². The number of hydrogen-bond donors (Lipinski definition) is 0. The Kier molecular flexibility index (Phi) is 8.24. The molecule has 0 aromatic carbocycles. The summed E-state index contributed by atoms with van der Waals surface area (Å²) < 4.78 is 5.57. The first kappa shape index (κ1) is 15.8. The Hall–Kier alpha value is -1.22. The molecule has 3 heteroatoms. The lowest BCUT2D eigenvalue weighted by molar-refractivity contribution is -0.116. The molecule has 0 radical (unpaired) electrons. The molecule has 2 unspecified atom stereocenters. The minimum absolute atomic E-state index is 0.0279. The standard InChI is InChI=1S/C14H22O3/c1-5-13(15)8-7-12(4)17-10-11(3)9-14(16)6-2/h5-6,11-12H,1-2,7-10H2,3-4H3. The fourth-order valence-corrected chi connectivity index (χ4v) is 1.35. The van der Waals surface area contributed by atoms with Gasteiger partial charge in [-0.05, 0) is 31.4 Å². The predicted molar refractivity (Wildman–Crippen MR) is 68.8 cm³/mol. The van der Waals surface area contributed by atoms with E-state index in [0.717, 1.165) is 0 Å². The smallest absolute Gasteiger partial charge is 0.155 e. The van der Waals surface area contributed by atoms with Gasteiger partial charge in [0, 0.05) is 19.4 Å². The molecule has 0 fully saturated rings. The molecular weight excluding hydrogens is 216 g/mol. The van der Waals surface area contributed by atoms with E-state index in [9.17, 15) is 9.59 Å². The Morgan fingerprint density at radius 1 is 1.18 bits per heavy atom. The lowest BCUT2D eigenvalue weighted by Gasteiger charge is -2.15. The maximum atomic E-state index is 11.1. The molecule has 0 aliphatic heterocycles. The van der Waals surface area contributed by atoms with Crippen molar-refractivity contribution >= 4 is 11.6 Å². The van der Waals surface area contributed by atoms with Crippen molar-refractivity contribution in [2.24, 2.45) is 5.92 Å². The first-order chi connectivity index (χ1) is 7.99. The Morgan fingerprint density at radius 2 is 1.76 bits per heavy atom. The van der Waals surface area contributed by atoms with Gasteiger partial charge in [0.1, 0.15) is 0 Å². The van der Waals surface area contributed by atoms with Crippen LogP contribution in [-0.2, 0) is 14.3 Å². The van der Waals surface area contributed by atoms with Gasteiger partial charge >= 0.3 is 0 Å². The number of ether oxygens (including phenoxy) is 1. The lowest BCUT2D eigenvalue weighted by Crippen LogP contribution is -2.16. The van der Waals surface area contributed by atoms with Crippen LogP contribution in [0, 0.1) is 5.92 Å². The zero-order chi connectivity index (χ0) is 13.3. The van der Waals surface area contributed by atoms with Crippen LogP contribution in [0.5, 0.6) is 0 Å². The van der Waals surface area contributed by atoms with E-state index in [4.69, 9.17) is 4.74 Å². The summed E-state index contributed by atoms with van der Waals surface area (Å²) in [6.07, 6.45) is 4.31. The van der Waals surface area contributed by atoms with E-state index in [2.05, 4.69) is 13.2 Å². The first-order valence-electron chi connectivity index (χ1n) is 5.91. The van der Waals surface area contributed by atoms with Crippen LogP contribution in [0.3, 0.4) is 0 Å². The Balaban J connectivity index is 3.71. The Bertz CT molecular complexity index is 281. The van der Waals surface area contributed by atoms with E-state index >= 15 is 0 Å². The topological polar surface area (TPSA) is 43.4 Å². The summed E-state index contributed by atoms with van der Waals surface area (Å²) in [5.74, 6) is 0.254. The Labute approximate surface area is 104 Å². The third-order valence-corrected chi connectivity index (χ3v) is 2.47. The van der Waals surface area contributed by atoms with Gasteiger partial charge < -0.3 is 4.74 Å². The molecule has 0 rings (SSSR count). The van der Waals surface area contributed by atoms with Crippen molar-refractivity contribution in [1.29, 1.82) is 0 Å². The molecule has 0 aromatic rings. The van der Waals surface area contributed by atoms with E-state index in [0.29, 0.717) is 25.9 Å². The average molecular weight is 238 g/mol. The van der Waals surface area contributed by atoms with Crippen molar-refractivity contribution in [3.05, 3.63) is 25.3 Å². The van der Waals surface area contributed by atoms with Crippen LogP contribution in [0.15, 0.2) is 25.3 Å². The fourth-order valence-electron chi connectivity index (χ4n) is 1.35. The second kappa shape index (κ2) is 8.88. The summed E-state index contributed by atoms with van der Waals surface area (Å²) in [5.41, 5.74) is 0. The minimum atomic E-state index is 0.0279. The van der Waals surface area contributed by atoms with E-state index in [1.165, 1.54) is 12.2 Å². The highest BCUT2D eigenvalue weighted by Crippen LogP contribution is 2.08. The first-order valence-corrected chi connectivity index (χ1v) is 5.91. The van der Waals surface area contributed by atoms with Crippen LogP contribution in [0.1, 0.15) is 33.1 Å². The van der Waals surface area contributed by atoms with Gasteiger partial charge in [-0.1, -0.05) is 20.1 Å². The zero-order valence-electron chi connectivity index (χ0n) is 10.8. The molecule has 0 bridgehead atoms. The van der Waals surface area contributed by atoms with Crippen LogP contribution in [0.25, 0.3) is 0 Å². The molecular formula is C14H22O3. The fraction of sp³-hybridized carbons (Fsp3) is 0.571. The number of carbonyl (C=O) groups is 2. The molecule has 0 amide bonds. The van der Waals surface area contributed by atoms with Gasteiger partial charge in [-0.25, -0.2) is 0 Å². The zero-order valence-corrected chi connectivity index (χ0v) is 10.8. The largest absolute Gasteiger partial charge is 0.378 e. The molecule has 0 aliphatic rings. The highest BCUT2D eigenvalue weighted by molar-refractivity contribution is 5.89. The normalized spacial score (nSPS) is 13.8. The summed E-state index contributed by atoms with van der Waals surface area (Å²) in [4.78, 5) is 22.1. The van der Waals surface area contributed by atoms with Gasteiger partial charge in [-0.15, -0.1) is 0 Å². The second-order valence-corrected chi connectivity index (χ2v) is 4.33. The number of ketones is 2. The van der Waals surface area contributed by atoms with Crippen LogP contribution in [-0.4, -0.2) is 24.3 Å². The van der Waals surface area contributed by atoms with Gasteiger partial charge in [0.05, 0.1) is 6.10 Å². The van der Waals surface area contributed by atoms with Crippen LogP contribution < -0.4 is 0 Å². The van der Waals surface area contributed by atoms with Crippen molar-refractivity contribution in [1.82, 2.24) is 0 Å². The lowest BCUT2D eigenvalue weighted by atomic mass is 10.1. The third kappa shape index (κ3) is 8.57. The molecule has 0 saturated heterocycles. The van der Waals surface area contributed by atoms with E-state index in [1.54, 1.807) is 0 Å². The maximum absolute atomic E-state index is 11.1. The second-order valence-electron chi connectivity index (χ2n) is 4.33. The van der Waals surface area contributed by atoms with Crippen LogP contribution >= 0.6 is 0 Å². The summed E-state index contributed by atoms with van der Waals surface area (Å²) >= 11 is 0. The van der Waals surface area contributed by atoms with Gasteiger partial charge in [-0.2, -0.15) is 0 Å². The van der Waals surface area contributed by atoms with Gasteiger partial charge in [0.25, 0.3) is 0 Å². The molecule has 96 valence electrons. The maximum Gasteiger partial charge on any atom is 0.155 e. The summed E-state index contributed by atoms with van der Waals surface area (Å²) in [7, 11) is 0. The van der Waals surface area contributed by atoms with E-state index < -0.39 is 0 Å². The highest BCUT2D eigenvalue weighted by Gasteiger charge is 2.10. The summed E-state index contributed by atoms with van der Waals surface area (Å²) in [5, 5.41) is 0. The van der Waals surface area contributed by atoms with Crippen LogP contribution in [0.4, 0.5) is 0 Å². The summed E-state index contributed by atoms with van der Waals surface area (Å²) in [6.45, 7) is 11.3. The number of allylic oxidation sites excluding steroid dienone is 2. The number of hydrogen-bond acceptors (Lipinski definition) is 3. The molecule has 0 heterocycles. The van der Waals surface area contributed by atoms with Crippen molar-refractivity contribution in [2.75, 3.05) is 6.61 Å². The summed E-state index contributed by atoms with van der Waals surface area (Å²) in [6, 6.07) is 0. The van der Waals surface area contributed by atoms with Crippen molar-refractivity contribution in [3.63, 3.8) is 0 Å². The predicted octanol–water partition coefficient (Wildman–Crippen LogP) is 2.71. The van der Waals surface area contributed by atoms with E-state index in [-0.39, 0.29) is 23.6 Å². The quantitative estimate of drug-likeness (QED) is 0.550. The molecule has 0 aromatic heterocycles. The number of rotatable bonds is 10. The number of carbonyl (C=O) groups excluding carboxylic acids is 2. The third-order valence-electron chi connectivity index (χ3n) is 2.47. The molecule has 0 spiro atoms. The van der Waals surface area contributed by atoms with Crippen molar-refractivity contribution < 1.29 is 14.3 Å². The highest BCUT2D eigenvalue weighted by atomic mass is 16.5.